The molecule has 1 aliphatic rings. The first-order chi connectivity index (χ1) is 4.77. The Balaban J connectivity index is 2.52. The van der Waals surface area contributed by atoms with Gasteiger partial charge in [-0.1, -0.05) is 18.2 Å². The highest BCUT2D eigenvalue weighted by Crippen LogP contribution is 2.15. The predicted octanol–water partition coefficient (Wildman–Crippen LogP) is 1.19. The van der Waals surface area contributed by atoms with Crippen molar-refractivity contribution in [3.8, 4) is 0 Å². The van der Waals surface area contributed by atoms with Gasteiger partial charge in [-0.25, -0.2) is 0 Å². The van der Waals surface area contributed by atoms with Gasteiger partial charge in [0.2, 0.25) is 0 Å². The standard InChI is InChI=1S/C8H13NO/c1-2-10-8(9)6-4-3-5-7-8/h3-6H,2,7,9H2,1H3. The molecule has 0 amide bonds. The number of allylic oxidation sites excluding steroid dienone is 2. The summed E-state index contributed by atoms with van der Waals surface area (Å²) in [4.78, 5) is 0. The molecule has 0 fully saturated rings. The first-order valence-corrected chi connectivity index (χ1v) is 3.54. The molecule has 1 rings (SSSR count). The number of hydrogen-bond donors (Lipinski definition) is 1. The first kappa shape index (κ1) is 7.51. The summed E-state index contributed by atoms with van der Waals surface area (Å²) in [6.07, 6.45) is 8.56. The molecule has 0 saturated carbocycles. The molecule has 1 aliphatic carbocycles. The van der Waals surface area contributed by atoms with Crippen molar-refractivity contribution in [2.45, 2.75) is 19.1 Å². The highest BCUT2D eigenvalue weighted by Gasteiger charge is 2.20. The lowest BCUT2D eigenvalue weighted by molar-refractivity contribution is 0.00557. The lowest BCUT2D eigenvalue weighted by Crippen LogP contribution is -2.40. The van der Waals surface area contributed by atoms with E-state index in [1.54, 1.807) is 0 Å². The molecule has 2 nitrogen and oxygen atoms in total. The van der Waals surface area contributed by atoms with E-state index in [1.165, 1.54) is 0 Å². The van der Waals surface area contributed by atoms with Gasteiger partial charge in [0.25, 0.3) is 0 Å². The molecule has 0 radical (unpaired) electrons. The second-order valence-corrected chi connectivity index (χ2v) is 2.38. The Morgan fingerprint density at radius 1 is 1.60 bits per heavy atom. The van der Waals surface area contributed by atoms with Gasteiger partial charge in [0.15, 0.2) is 0 Å². The summed E-state index contributed by atoms with van der Waals surface area (Å²) in [5, 5.41) is 0. The average Bonchev–Trinajstić information content (AvgIpc) is 1.89. The highest BCUT2D eigenvalue weighted by atomic mass is 16.5. The molecule has 0 aromatic carbocycles. The van der Waals surface area contributed by atoms with Crippen LogP contribution in [0.2, 0.25) is 0 Å². The third-order valence-electron chi connectivity index (χ3n) is 1.48. The predicted molar refractivity (Wildman–Crippen MR) is 41.4 cm³/mol. The Bertz CT molecular complexity index is 163. The topological polar surface area (TPSA) is 35.2 Å². The normalized spacial score (nSPS) is 31.0. The molecular weight excluding hydrogens is 126 g/mol. The van der Waals surface area contributed by atoms with Crippen molar-refractivity contribution in [2.75, 3.05) is 6.61 Å². The van der Waals surface area contributed by atoms with E-state index in [4.69, 9.17) is 10.5 Å². The Kier molecular flexibility index (Phi) is 2.25. The van der Waals surface area contributed by atoms with Crippen molar-refractivity contribution in [1.82, 2.24) is 0 Å². The quantitative estimate of drug-likeness (QED) is 0.583. The summed E-state index contributed by atoms with van der Waals surface area (Å²) < 4.78 is 5.31. The monoisotopic (exact) mass is 139 g/mol. The van der Waals surface area contributed by atoms with Crippen molar-refractivity contribution >= 4 is 0 Å². The number of hydrogen-bond acceptors (Lipinski definition) is 2. The first-order valence-electron chi connectivity index (χ1n) is 3.54. The Labute approximate surface area is 61.4 Å². The molecule has 2 heteroatoms. The van der Waals surface area contributed by atoms with Crippen molar-refractivity contribution < 1.29 is 4.74 Å². The van der Waals surface area contributed by atoms with E-state index in [0.29, 0.717) is 6.61 Å². The van der Waals surface area contributed by atoms with Crippen LogP contribution in [-0.2, 0) is 4.74 Å². The maximum atomic E-state index is 5.81. The van der Waals surface area contributed by atoms with E-state index >= 15 is 0 Å². The molecule has 1 unspecified atom stereocenters. The van der Waals surface area contributed by atoms with E-state index in [0.717, 1.165) is 6.42 Å². The summed E-state index contributed by atoms with van der Waals surface area (Å²) in [5.41, 5.74) is 5.27. The largest absolute Gasteiger partial charge is 0.357 e. The van der Waals surface area contributed by atoms with Crippen LogP contribution in [0.25, 0.3) is 0 Å². The Morgan fingerprint density at radius 2 is 2.40 bits per heavy atom. The summed E-state index contributed by atoms with van der Waals surface area (Å²) in [5.74, 6) is 0. The Morgan fingerprint density at radius 3 is 2.90 bits per heavy atom. The summed E-state index contributed by atoms with van der Waals surface area (Å²) in [7, 11) is 0. The second kappa shape index (κ2) is 2.99. The number of nitrogens with two attached hydrogens (primary N) is 1. The lowest BCUT2D eigenvalue weighted by Gasteiger charge is -2.25. The summed E-state index contributed by atoms with van der Waals surface area (Å²) >= 11 is 0. The zero-order valence-electron chi connectivity index (χ0n) is 6.21. The second-order valence-electron chi connectivity index (χ2n) is 2.38. The van der Waals surface area contributed by atoms with Gasteiger partial charge in [0, 0.05) is 13.0 Å². The molecule has 0 aliphatic heterocycles. The van der Waals surface area contributed by atoms with E-state index in [-0.39, 0.29) is 0 Å². The van der Waals surface area contributed by atoms with Crippen LogP contribution in [-0.4, -0.2) is 12.3 Å². The maximum absolute atomic E-state index is 5.81. The van der Waals surface area contributed by atoms with E-state index < -0.39 is 5.72 Å². The van der Waals surface area contributed by atoms with Crippen LogP contribution in [0.1, 0.15) is 13.3 Å². The van der Waals surface area contributed by atoms with Crippen LogP contribution >= 0.6 is 0 Å². The molecule has 2 N–H and O–H groups in total. The third-order valence-corrected chi connectivity index (χ3v) is 1.48. The minimum absolute atomic E-state index is 0.538. The fourth-order valence-corrected chi connectivity index (χ4v) is 0.993. The van der Waals surface area contributed by atoms with Crippen LogP contribution in [0, 0.1) is 0 Å². The van der Waals surface area contributed by atoms with Gasteiger partial charge in [0.1, 0.15) is 5.72 Å². The third kappa shape index (κ3) is 1.69. The molecule has 1 atom stereocenters. The van der Waals surface area contributed by atoms with Gasteiger partial charge >= 0.3 is 0 Å². The van der Waals surface area contributed by atoms with Gasteiger partial charge in [-0.15, -0.1) is 0 Å². The van der Waals surface area contributed by atoms with Gasteiger partial charge < -0.3 is 4.74 Å². The van der Waals surface area contributed by atoms with Gasteiger partial charge in [-0.2, -0.15) is 0 Å². The smallest absolute Gasteiger partial charge is 0.139 e. The van der Waals surface area contributed by atoms with Crippen LogP contribution in [0.4, 0.5) is 0 Å². The molecule has 0 saturated heterocycles. The molecule has 0 aromatic rings. The van der Waals surface area contributed by atoms with E-state index in [9.17, 15) is 0 Å². The average molecular weight is 139 g/mol. The fourth-order valence-electron chi connectivity index (χ4n) is 0.993. The van der Waals surface area contributed by atoms with E-state index in [2.05, 4.69) is 0 Å². The molecule has 0 heterocycles. The lowest BCUT2D eigenvalue weighted by atomic mass is 10.1. The van der Waals surface area contributed by atoms with Crippen LogP contribution in [0.3, 0.4) is 0 Å². The molecular formula is C8H13NO. The zero-order valence-corrected chi connectivity index (χ0v) is 6.21. The number of rotatable bonds is 2. The molecule has 56 valence electrons. The van der Waals surface area contributed by atoms with Crippen LogP contribution in [0.15, 0.2) is 24.3 Å². The van der Waals surface area contributed by atoms with Crippen molar-refractivity contribution in [3.63, 3.8) is 0 Å². The van der Waals surface area contributed by atoms with Crippen LogP contribution in [0.5, 0.6) is 0 Å². The fraction of sp³-hybridized carbons (Fsp3) is 0.500. The van der Waals surface area contributed by atoms with Gasteiger partial charge in [-0.3, -0.25) is 5.73 Å². The summed E-state index contributed by atoms with van der Waals surface area (Å²) in [6, 6.07) is 0. The van der Waals surface area contributed by atoms with Crippen LogP contribution < -0.4 is 5.73 Å². The van der Waals surface area contributed by atoms with Crippen molar-refractivity contribution in [2.24, 2.45) is 5.73 Å². The molecule has 0 aromatic heterocycles. The maximum Gasteiger partial charge on any atom is 0.139 e. The molecule has 0 spiro atoms. The zero-order chi connectivity index (χ0) is 7.45. The van der Waals surface area contributed by atoms with Gasteiger partial charge in [0.05, 0.1) is 0 Å². The molecule has 10 heavy (non-hydrogen) atoms. The summed E-state index contributed by atoms with van der Waals surface area (Å²) in [6.45, 7) is 2.61. The van der Waals surface area contributed by atoms with Crippen molar-refractivity contribution in [3.05, 3.63) is 24.3 Å². The van der Waals surface area contributed by atoms with Crippen molar-refractivity contribution in [1.29, 1.82) is 0 Å². The highest BCUT2D eigenvalue weighted by molar-refractivity contribution is 5.16. The molecule has 0 bridgehead atoms. The Hall–Kier alpha value is -0.600. The minimum atomic E-state index is -0.538. The van der Waals surface area contributed by atoms with Gasteiger partial charge in [-0.05, 0) is 13.0 Å². The van der Waals surface area contributed by atoms with E-state index in [1.807, 2.05) is 31.2 Å². The minimum Gasteiger partial charge on any atom is -0.357 e. The number of ether oxygens (including phenoxy) is 1. The SMILES string of the molecule is CCOC1(N)C=CC=CC1.